The van der Waals surface area contributed by atoms with Gasteiger partial charge in [-0.25, -0.2) is 4.79 Å². The molecule has 1 aliphatic heterocycles. The number of carbonyl (C=O) groups is 4. The van der Waals surface area contributed by atoms with Crippen LogP contribution in [0.4, 0.5) is 4.79 Å². The fraction of sp³-hybridized carbons (Fsp3) is 0.630. The molecule has 0 bridgehead atoms. The standard InChI is InChI=1S/C27H41N3O5/c1-19(2)15-24-25(32)28-22(18-31)17-21(26(33)30(3)4)13-9-6-10-14-23(35-27(34)29-24)16-20-11-7-5-8-12-20/h5,7-8,11-12,18-19,21-24H,6,9-10,13-17H2,1-4H3,(H,28,32)(H,29,34)/t21?,22-,23?,24-/m0/s1. The summed E-state index contributed by atoms with van der Waals surface area (Å²) in [6.45, 7) is 3.91. The topological polar surface area (TPSA) is 105 Å². The number of rotatable bonds is 6. The third kappa shape index (κ3) is 10.1. The number of nitrogens with one attached hydrogen (secondary N) is 2. The van der Waals surface area contributed by atoms with E-state index in [9.17, 15) is 19.2 Å². The molecule has 2 N–H and O–H groups in total. The van der Waals surface area contributed by atoms with Crippen LogP contribution < -0.4 is 10.6 Å². The van der Waals surface area contributed by atoms with Gasteiger partial charge < -0.3 is 25.1 Å². The Balaban J connectivity index is 2.24. The Morgan fingerprint density at radius 2 is 1.77 bits per heavy atom. The number of alkyl carbamates (subject to hydrolysis) is 1. The zero-order chi connectivity index (χ0) is 25.8. The summed E-state index contributed by atoms with van der Waals surface area (Å²) in [5, 5.41) is 5.45. The molecule has 8 heteroatoms. The van der Waals surface area contributed by atoms with Crippen molar-refractivity contribution in [1.29, 1.82) is 0 Å². The van der Waals surface area contributed by atoms with Crippen LogP contribution >= 0.6 is 0 Å². The van der Waals surface area contributed by atoms with Gasteiger partial charge in [0.05, 0.1) is 6.04 Å². The minimum Gasteiger partial charge on any atom is -0.446 e. The molecule has 0 saturated carbocycles. The minimum absolute atomic E-state index is 0.0484. The number of ether oxygens (including phenoxy) is 1. The molecule has 2 unspecified atom stereocenters. The molecule has 3 amide bonds. The molecule has 2 rings (SSSR count). The molecular formula is C27H41N3O5. The van der Waals surface area contributed by atoms with E-state index in [-0.39, 0.29) is 30.3 Å². The van der Waals surface area contributed by atoms with Gasteiger partial charge in [-0.1, -0.05) is 57.0 Å². The highest BCUT2D eigenvalue weighted by Gasteiger charge is 2.29. The first-order valence-electron chi connectivity index (χ1n) is 12.7. The molecule has 35 heavy (non-hydrogen) atoms. The van der Waals surface area contributed by atoms with E-state index < -0.39 is 24.1 Å². The van der Waals surface area contributed by atoms with Crippen LogP contribution in [0.5, 0.6) is 0 Å². The van der Waals surface area contributed by atoms with Crippen LogP contribution in [0.2, 0.25) is 0 Å². The van der Waals surface area contributed by atoms with Crippen molar-refractivity contribution in [2.75, 3.05) is 14.1 Å². The zero-order valence-corrected chi connectivity index (χ0v) is 21.5. The second-order valence-corrected chi connectivity index (χ2v) is 10.1. The van der Waals surface area contributed by atoms with E-state index in [1.807, 2.05) is 44.2 Å². The van der Waals surface area contributed by atoms with Crippen LogP contribution in [0.3, 0.4) is 0 Å². The monoisotopic (exact) mass is 487 g/mol. The Labute approximate surface area is 209 Å². The van der Waals surface area contributed by atoms with Crippen LogP contribution in [-0.4, -0.2) is 61.4 Å². The third-order valence-corrected chi connectivity index (χ3v) is 6.29. The van der Waals surface area contributed by atoms with Crippen LogP contribution in [0.1, 0.15) is 64.4 Å². The van der Waals surface area contributed by atoms with Crippen LogP contribution in [0.25, 0.3) is 0 Å². The van der Waals surface area contributed by atoms with E-state index in [0.717, 1.165) is 24.8 Å². The number of cyclic esters (lactones) is 1. The van der Waals surface area contributed by atoms with E-state index in [4.69, 9.17) is 4.74 Å². The van der Waals surface area contributed by atoms with Crippen LogP contribution in [0, 0.1) is 11.8 Å². The van der Waals surface area contributed by atoms with Gasteiger partial charge in [0.2, 0.25) is 11.8 Å². The first kappa shape index (κ1) is 28.3. The molecule has 0 aliphatic carbocycles. The van der Waals surface area contributed by atoms with E-state index >= 15 is 0 Å². The molecule has 1 aromatic carbocycles. The molecule has 8 nitrogen and oxygen atoms in total. The molecular weight excluding hydrogens is 446 g/mol. The van der Waals surface area contributed by atoms with Crippen molar-refractivity contribution in [3.05, 3.63) is 35.9 Å². The summed E-state index contributed by atoms with van der Waals surface area (Å²) < 4.78 is 5.77. The van der Waals surface area contributed by atoms with Crippen molar-refractivity contribution >= 4 is 24.2 Å². The number of benzene rings is 1. The molecule has 1 fully saturated rings. The van der Waals surface area contributed by atoms with Crippen molar-refractivity contribution in [2.24, 2.45) is 11.8 Å². The van der Waals surface area contributed by atoms with Gasteiger partial charge in [-0.15, -0.1) is 0 Å². The van der Waals surface area contributed by atoms with E-state index in [1.165, 1.54) is 4.90 Å². The summed E-state index contributed by atoms with van der Waals surface area (Å²) >= 11 is 0. The second kappa shape index (κ2) is 14.5. The van der Waals surface area contributed by atoms with E-state index in [2.05, 4.69) is 10.6 Å². The van der Waals surface area contributed by atoms with Crippen molar-refractivity contribution < 1.29 is 23.9 Å². The molecule has 0 spiro atoms. The van der Waals surface area contributed by atoms with Gasteiger partial charge in [0, 0.05) is 26.4 Å². The largest absolute Gasteiger partial charge is 0.446 e. The van der Waals surface area contributed by atoms with Gasteiger partial charge in [-0.05, 0) is 43.6 Å². The Kier molecular flexibility index (Phi) is 11.7. The van der Waals surface area contributed by atoms with Gasteiger partial charge in [0.25, 0.3) is 0 Å². The molecule has 4 atom stereocenters. The fourth-order valence-corrected chi connectivity index (χ4v) is 4.50. The van der Waals surface area contributed by atoms with Gasteiger partial charge in [-0.2, -0.15) is 0 Å². The molecule has 0 radical (unpaired) electrons. The summed E-state index contributed by atoms with van der Waals surface area (Å²) in [5.41, 5.74) is 1.07. The summed E-state index contributed by atoms with van der Waals surface area (Å²) in [6, 6.07) is 8.22. The van der Waals surface area contributed by atoms with Crippen LogP contribution in [0.15, 0.2) is 30.3 Å². The summed E-state index contributed by atoms with van der Waals surface area (Å²) in [6.07, 6.45) is 4.79. The predicted octanol–water partition coefficient (Wildman–Crippen LogP) is 3.48. The summed E-state index contributed by atoms with van der Waals surface area (Å²) in [4.78, 5) is 51.9. The van der Waals surface area contributed by atoms with E-state index in [1.54, 1.807) is 14.1 Å². The highest BCUT2D eigenvalue weighted by molar-refractivity contribution is 5.88. The fourth-order valence-electron chi connectivity index (χ4n) is 4.50. The van der Waals surface area contributed by atoms with Crippen molar-refractivity contribution in [2.45, 2.75) is 83.4 Å². The molecule has 1 aliphatic rings. The Morgan fingerprint density at radius 1 is 1.09 bits per heavy atom. The first-order chi connectivity index (χ1) is 16.7. The number of amides is 3. The quantitative estimate of drug-likeness (QED) is 0.598. The normalized spacial score (nSPS) is 24.8. The lowest BCUT2D eigenvalue weighted by molar-refractivity contribution is -0.134. The Hall–Kier alpha value is -2.90. The van der Waals surface area contributed by atoms with Crippen molar-refractivity contribution in [3.8, 4) is 0 Å². The number of hydrogen-bond donors (Lipinski definition) is 2. The average Bonchev–Trinajstić information content (AvgIpc) is 2.81. The number of aldehydes is 1. The second-order valence-electron chi connectivity index (χ2n) is 10.1. The van der Waals surface area contributed by atoms with Gasteiger partial charge >= 0.3 is 6.09 Å². The molecule has 0 aromatic heterocycles. The smallest absolute Gasteiger partial charge is 0.408 e. The van der Waals surface area contributed by atoms with Crippen molar-refractivity contribution in [3.63, 3.8) is 0 Å². The Morgan fingerprint density at radius 3 is 2.40 bits per heavy atom. The highest BCUT2D eigenvalue weighted by atomic mass is 16.6. The maximum Gasteiger partial charge on any atom is 0.408 e. The zero-order valence-electron chi connectivity index (χ0n) is 21.5. The summed E-state index contributed by atoms with van der Waals surface area (Å²) in [7, 11) is 3.40. The lowest BCUT2D eigenvalue weighted by Gasteiger charge is -2.25. The number of nitrogens with zero attached hydrogens (tertiary/aromatic N) is 1. The Bertz CT molecular complexity index is 827. The third-order valence-electron chi connectivity index (χ3n) is 6.29. The number of carbonyl (C=O) groups excluding carboxylic acids is 4. The van der Waals surface area contributed by atoms with Gasteiger partial charge in [0.15, 0.2) is 0 Å². The minimum atomic E-state index is -0.838. The van der Waals surface area contributed by atoms with E-state index in [0.29, 0.717) is 32.0 Å². The van der Waals surface area contributed by atoms with Crippen molar-refractivity contribution in [1.82, 2.24) is 15.5 Å². The molecule has 1 heterocycles. The highest BCUT2D eigenvalue weighted by Crippen LogP contribution is 2.21. The molecule has 1 saturated heterocycles. The molecule has 1 aromatic rings. The maximum absolute atomic E-state index is 13.0. The number of hydrogen-bond acceptors (Lipinski definition) is 5. The van der Waals surface area contributed by atoms with Crippen LogP contribution in [-0.2, 0) is 25.5 Å². The average molecular weight is 488 g/mol. The first-order valence-corrected chi connectivity index (χ1v) is 12.7. The van der Waals surface area contributed by atoms with Gasteiger partial charge in [0.1, 0.15) is 18.4 Å². The lowest BCUT2D eigenvalue weighted by Crippen LogP contribution is -2.51. The molecule has 194 valence electrons. The maximum atomic E-state index is 13.0. The van der Waals surface area contributed by atoms with Gasteiger partial charge in [-0.3, -0.25) is 9.59 Å². The SMILES string of the molecule is CC(C)C[C@@H]1NC(=O)OC(Cc2ccccc2)CCCCCC(C(=O)N(C)C)C[C@@H](C=O)NC1=O. The lowest BCUT2D eigenvalue weighted by atomic mass is 9.92. The summed E-state index contributed by atoms with van der Waals surface area (Å²) in [5.74, 6) is -0.725. The predicted molar refractivity (Wildman–Crippen MR) is 135 cm³/mol.